The van der Waals surface area contributed by atoms with Gasteiger partial charge in [-0.15, -0.1) is 0 Å². The van der Waals surface area contributed by atoms with E-state index in [9.17, 15) is 0 Å². The van der Waals surface area contributed by atoms with Crippen molar-refractivity contribution in [1.82, 2.24) is 5.32 Å². The zero-order chi connectivity index (χ0) is 15.2. The van der Waals surface area contributed by atoms with Gasteiger partial charge in [0, 0.05) is 6.04 Å². The van der Waals surface area contributed by atoms with Gasteiger partial charge in [0.15, 0.2) is 11.5 Å². The van der Waals surface area contributed by atoms with Crippen molar-refractivity contribution in [2.45, 2.75) is 12.5 Å². The minimum Gasteiger partial charge on any atom is -0.493 e. The first kappa shape index (κ1) is 15.7. The van der Waals surface area contributed by atoms with Gasteiger partial charge in [0.1, 0.15) is 0 Å². The van der Waals surface area contributed by atoms with E-state index in [1.165, 1.54) is 5.56 Å². The monoisotopic (exact) mass is 307 g/mol. The van der Waals surface area contributed by atoms with Crippen LogP contribution in [0.15, 0.2) is 29.0 Å². The molecule has 0 fully saturated rings. The molecule has 0 saturated carbocycles. The normalized spacial score (nSPS) is 12.0. The van der Waals surface area contributed by atoms with Crippen molar-refractivity contribution in [1.29, 1.82) is 0 Å². The molecular formula is C16H21NO3S. The van der Waals surface area contributed by atoms with Crippen molar-refractivity contribution in [2.24, 2.45) is 0 Å². The molecule has 0 amide bonds. The van der Waals surface area contributed by atoms with E-state index in [1.807, 2.05) is 19.2 Å². The molecule has 0 spiro atoms. The number of hydrogen-bond acceptors (Lipinski definition) is 5. The maximum atomic E-state index is 5.42. The summed E-state index contributed by atoms with van der Waals surface area (Å²) in [6.45, 7) is 0. The van der Waals surface area contributed by atoms with Crippen molar-refractivity contribution in [3.8, 4) is 17.2 Å². The summed E-state index contributed by atoms with van der Waals surface area (Å²) in [6, 6.07) is 6.32. The Balaban J connectivity index is 2.36. The smallest absolute Gasteiger partial charge is 0.203 e. The molecule has 0 saturated heterocycles. The molecule has 0 aliphatic heterocycles. The number of nitrogens with one attached hydrogen (secondary N) is 1. The summed E-state index contributed by atoms with van der Waals surface area (Å²) in [5, 5.41) is 7.61. The average molecular weight is 307 g/mol. The first-order valence-corrected chi connectivity index (χ1v) is 7.66. The van der Waals surface area contributed by atoms with Crippen LogP contribution in [0, 0.1) is 0 Å². The SMILES string of the molecule is CNC(Cc1ccsc1)c1cc(OC)c(OC)c(OC)c1. The van der Waals surface area contributed by atoms with E-state index in [4.69, 9.17) is 14.2 Å². The first-order valence-electron chi connectivity index (χ1n) is 6.71. The van der Waals surface area contributed by atoms with Crippen LogP contribution in [-0.2, 0) is 6.42 Å². The molecule has 0 radical (unpaired) electrons. The summed E-state index contributed by atoms with van der Waals surface area (Å²) in [4.78, 5) is 0. The molecule has 114 valence electrons. The molecule has 0 aliphatic carbocycles. The Morgan fingerprint density at radius 1 is 1.10 bits per heavy atom. The largest absolute Gasteiger partial charge is 0.493 e. The second-order valence-electron chi connectivity index (χ2n) is 4.64. The fourth-order valence-corrected chi connectivity index (χ4v) is 3.02. The number of thiophene rings is 1. The molecule has 1 aromatic heterocycles. The van der Waals surface area contributed by atoms with Crippen LogP contribution in [0.5, 0.6) is 17.2 Å². The minimum absolute atomic E-state index is 0.188. The Morgan fingerprint density at radius 2 is 1.76 bits per heavy atom. The molecule has 4 nitrogen and oxygen atoms in total. The highest BCUT2D eigenvalue weighted by molar-refractivity contribution is 7.07. The van der Waals surface area contributed by atoms with E-state index in [2.05, 4.69) is 22.1 Å². The van der Waals surface area contributed by atoms with Crippen LogP contribution in [0.2, 0.25) is 0 Å². The van der Waals surface area contributed by atoms with Crippen molar-refractivity contribution in [3.63, 3.8) is 0 Å². The molecule has 0 bridgehead atoms. The summed E-state index contributed by atoms with van der Waals surface area (Å²) in [7, 11) is 6.84. The molecule has 1 heterocycles. The highest BCUT2D eigenvalue weighted by atomic mass is 32.1. The predicted octanol–water partition coefficient (Wildman–Crippen LogP) is 3.28. The van der Waals surface area contributed by atoms with Crippen molar-refractivity contribution < 1.29 is 14.2 Å². The van der Waals surface area contributed by atoms with Crippen molar-refractivity contribution >= 4 is 11.3 Å². The Bertz CT molecular complexity index is 544. The van der Waals surface area contributed by atoms with Crippen LogP contribution < -0.4 is 19.5 Å². The predicted molar refractivity (Wildman–Crippen MR) is 85.9 cm³/mol. The van der Waals surface area contributed by atoms with Gasteiger partial charge in [-0.25, -0.2) is 0 Å². The van der Waals surface area contributed by atoms with Gasteiger partial charge < -0.3 is 19.5 Å². The third-order valence-corrected chi connectivity index (χ3v) is 4.19. The lowest BCUT2D eigenvalue weighted by Crippen LogP contribution is -2.19. The molecule has 5 heteroatoms. The Labute approximate surface area is 129 Å². The highest BCUT2D eigenvalue weighted by Gasteiger charge is 2.18. The van der Waals surface area contributed by atoms with Crippen LogP contribution >= 0.6 is 11.3 Å². The van der Waals surface area contributed by atoms with Crippen molar-refractivity contribution in [2.75, 3.05) is 28.4 Å². The molecule has 1 atom stereocenters. The fraction of sp³-hybridized carbons (Fsp3) is 0.375. The maximum Gasteiger partial charge on any atom is 0.203 e. The first-order chi connectivity index (χ1) is 10.2. The summed E-state index contributed by atoms with van der Waals surface area (Å²) >= 11 is 1.71. The van der Waals surface area contributed by atoms with E-state index in [0.29, 0.717) is 17.2 Å². The second kappa shape index (κ2) is 7.33. The zero-order valence-corrected chi connectivity index (χ0v) is 13.6. The summed E-state index contributed by atoms with van der Waals surface area (Å²) in [6.07, 6.45) is 0.915. The summed E-state index contributed by atoms with van der Waals surface area (Å²) in [5.41, 5.74) is 2.42. The van der Waals surface area contributed by atoms with Crippen LogP contribution in [0.3, 0.4) is 0 Å². The number of hydrogen-bond donors (Lipinski definition) is 1. The fourth-order valence-electron chi connectivity index (χ4n) is 2.33. The third-order valence-electron chi connectivity index (χ3n) is 3.46. The standard InChI is InChI=1S/C16H21NO3S/c1-17-13(7-11-5-6-21-10-11)12-8-14(18-2)16(20-4)15(9-12)19-3/h5-6,8-10,13,17H,7H2,1-4H3. The van der Waals surface area contributed by atoms with Crippen LogP contribution in [0.4, 0.5) is 0 Å². The third kappa shape index (κ3) is 3.49. The highest BCUT2D eigenvalue weighted by Crippen LogP contribution is 2.40. The molecule has 2 aromatic rings. The lowest BCUT2D eigenvalue weighted by atomic mass is 9.99. The van der Waals surface area contributed by atoms with E-state index >= 15 is 0 Å². The van der Waals surface area contributed by atoms with Gasteiger partial charge in [-0.3, -0.25) is 0 Å². The molecule has 1 aromatic carbocycles. The number of ether oxygens (including phenoxy) is 3. The van der Waals surface area contributed by atoms with Gasteiger partial charge >= 0.3 is 0 Å². The number of methoxy groups -OCH3 is 3. The molecule has 1 unspecified atom stereocenters. The van der Waals surface area contributed by atoms with E-state index < -0.39 is 0 Å². The Morgan fingerprint density at radius 3 is 2.19 bits per heavy atom. The van der Waals surface area contributed by atoms with Gasteiger partial charge in [0.25, 0.3) is 0 Å². The summed E-state index contributed by atoms with van der Waals surface area (Å²) < 4.78 is 16.2. The minimum atomic E-state index is 0.188. The Hall–Kier alpha value is -1.72. The van der Waals surface area contributed by atoms with E-state index in [-0.39, 0.29) is 6.04 Å². The van der Waals surface area contributed by atoms with E-state index in [1.54, 1.807) is 32.7 Å². The maximum absolute atomic E-state index is 5.42. The van der Waals surface area contributed by atoms with Crippen LogP contribution in [0.25, 0.3) is 0 Å². The van der Waals surface area contributed by atoms with Gasteiger partial charge in [-0.1, -0.05) is 0 Å². The van der Waals surface area contributed by atoms with Gasteiger partial charge in [0.05, 0.1) is 21.3 Å². The molecule has 2 rings (SSSR count). The quantitative estimate of drug-likeness (QED) is 0.852. The Kier molecular flexibility index (Phi) is 5.47. The second-order valence-corrected chi connectivity index (χ2v) is 5.42. The topological polar surface area (TPSA) is 39.7 Å². The molecular weight excluding hydrogens is 286 g/mol. The zero-order valence-electron chi connectivity index (χ0n) is 12.8. The van der Waals surface area contributed by atoms with E-state index in [0.717, 1.165) is 12.0 Å². The average Bonchev–Trinajstić information content (AvgIpc) is 3.04. The van der Waals surface area contributed by atoms with Crippen molar-refractivity contribution in [3.05, 3.63) is 40.1 Å². The van der Waals surface area contributed by atoms with Gasteiger partial charge in [-0.05, 0) is 53.6 Å². The molecule has 0 aliphatic rings. The lowest BCUT2D eigenvalue weighted by Gasteiger charge is -2.20. The van der Waals surface area contributed by atoms with Gasteiger partial charge in [-0.2, -0.15) is 11.3 Å². The molecule has 21 heavy (non-hydrogen) atoms. The van der Waals surface area contributed by atoms with Crippen LogP contribution in [-0.4, -0.2) is 28.4 Å². The van der Waals surface area contributed by atoms with Crippen LogP contribution in [0.1, 0.15) is 17.2 Å². The van der Waals surface area contributed by atoms with Gasteiger partial charge in [0.2, 0.25) is 5.75 Å². The number of rotatable bonds is 7. The lowest BCUT2D eigenvalue weighted by molar-refractivity contribution is 0.323. The summed E-state index contributed by atoms with van der Waals surface area (Å²) in [5.74, 6) is 1.98. The molecule has 1 N–H and O–H groups in total. The number of likely N-dealkylation sites (N-methyl/N-ethyl adjacent to an activating group) is 1. The number of benzene rings is 1.